The number of nitrogens with zero attached hydrogens (tertiary/aromatic N) is 1. The van der Waals surface area contributed by atoms with E-state index in [9.17, 15) is 13.2 Å². The summed E-state index contributed by atoms with van der Waals surface area (Å²) in [6.45, 7) is 6.28. The van der Waals surface area contributed by atoms with Gasteiger partial charge in [0, 0.05) is 18.2 Å². The van der Waals surface area contributed by atoms with Crippen molar-refractivity contribution >= 4 is 27.3 Å². The Balaban J connectivity index is 1.86. The topological polar surface area (TPSA) is 84.9 Å². The Labute approximate surface area is 171 Å². The molecule has 0 radical (unpaired) electrons. The third kappa shape index (κ3) is 4.48. The number of amides is 1. The first-order valence-electron chi connectivity index (χ1n) is 9.38. The third-order valence-electron chi connectivity index (χ3n) is 4.79. The van der Waals surface area contributed by atoms with E-state index in [2.05, 4.69) is 4.72 Å². The van der Waals surface area contributed by atoms with Crippen LogP contribution in [0, 0.1) is 5.41 Å². The summed E-state index contributed by atoms with van der Waals surface area (Å²) in [5.41, 5.74) is 0.911. The van der Waals surface area contributed by atoms with E-state index in [1.54, 1.807) is 47.4 Å². The summed E-state index contributed by atoms with van der Waals surface area (Å²) in [6, 6.07) is 11.9. The molecule has 0 saturated carbocycles. The molecule has 0 saturated heterocycles. The summed E-state index contributed by atoms with van der Waals surface area (Å²) < 4.78 is 39.0. The molecule has 1 heterocycles. The van der Waals surface area contributed by atoms with Crippen LogP contribution >= 0.6 is 0 Å². The Morgan fingerprint density at radius 2 is 1.93 bits per heavy atom. The van der Waals surface area contributed by atoms with Crippen molar-refractivity contribution < 1.29 is 22.7 Å². The number of carbonyl (C=O) groups is 1. The first kappa shape index (κ1) is 21.0. The molecular formula is C21H26N2O5S. The van der Waals surface area contributed by atoms with Crippen LogP contribution in [-0.4, -0.2) is 34.6 Å². The molecule has 0 bridgehead atoms. The lowest BCUT2D eigenvalue weighted by molar-refractivity contribution is -0.127. The molecule has 29 heavy (non-hydrogen) atoms. The molecular weight excluding hydrogens is 392 g/mol. The fraction of sp³-hybridized carbons (Fsp3) is 0.381. The molecule has 7 nitrogen and oxygen atoms in total. The van der Waals surface area contributed by atoms with Gasteiger partial charge in [-0.25, -0.2) is 8.42 Å². The van der Waals surface area contributed by atoms with Crippen molar-refractivity contribution in [2.75, 3.05) is 29.9 Å². The molecule has 1 aliphatic rings. The zero-order chi connectivity index (χ0) is 21.2. The van der Waals surface area contributed by atoms with E-state index in [1.807, 2.05) is 20.8 Å². The van der Waals surface area contributed by atoms with Crippen LogP contribution in [0.15, 0.2) is 42.5 Å². The van der Waals surface area contributed by atoms with Crippen molar-refractivity contribution in [3.63, 3.8) is 0 Å². The van der Waals surface area contributed by atoms with E-state index in [1.165, 1.54) is 7.11 Å². The number of hydrogen-bond acceptors (Lipinski definition) is 5. The Hall–Kier alpha value is -2.74. The summed E-state index contributed by atoms with van der Waals surface area (Å²) in [5.74, 6) is 0.746. The predicted molar refractivity (Wildman–Crippen MR) is 113 cm³/mol. The fourth-order valence-corrected chi connectivity index (χ4v) is 4.47. The van der Waals surface area contributed by atoms with Gasteiger partial charge in [-0.05, 0) is 39.0 Å². The number of sulfonamides is 1. The molecule has 0 fully saturated rings. The highest BCUT2D eigenvalue weighted by atomic mass is 32.2. The number of para-hydroxylation sites is 1. The summed E-state index contributed by atoms with van der Waals surface area (Å²) in [5, 5.41) is 0. The Morgan fingerprint density at radius 1 is 1.21 bits per heavy atom. The van der Waals surface area contributed by atoms with Crippen molar-refractivity contribution in [2.24, 2.45) is 5.41 Å². The maximum absolute atomic E-state index is 12.8. The molecule has 156 valence electrons. The average Bonchev–Trinajstić information content (AvgIpc) is 2.76. The van der Waals surface area contributed by atoms with Crippen molar-refractivity contribution in [2.45, 2.75) is 26.5 Å². The predicted octanol–water partition coefficient (Wildman–Crippen LogP) is 3.41. The largest absolute Gasteiger partial charge is 0.496 e. The number of anilines is 2. The molecule has 1 N–H and O–H groups in total. The van der Waals surface area contributed by atoms with Crippen LogP contribution in [0.4, 0.5) is 11.4 Å². The molecule has 3 rings (SSSR count). The van der Waals surface area contributed by atoms with Crippen LogP contribution in [0.3, 0.4) is 0 Å². The Bertz CT molecular complexity index is 1020. The lowest BCUT2D eigenvalue weighted by Crippen LogP contribution is -2.42. The van der Waals surface area contributed by atoms with Crippen LogP contribution in [0.5, 0.6) is 11.5 Å². The Kier molecular flexibility index (Phi) is 5.75. The number of ether oxygens (including phenoxy) is 2. The van der Waals surface area contributed by atoms with E-state index >= 15 is 0 Å². The number of nitrogens with one attached hydrogen (secondary N) is 1. The molecule has 2 aromatic rings. The number of rotatable bonds is 6. The minimum absolute atomic E-state index is 0.0248. The number of carbonyl (C=O) groups excluding carboxylic acids is 1. The number of benzene rings is 2. The van der Waals surface area contributed by atoms with Gasteiger partial charge in [0.25, 0.3) is 0 Å². The van der Waals surface area contributed by atoms with Crippen LogP contribution in [0.2, 0.25) is 0 Å². The van der Waals surface area contributed by atoms with Crippen molar-refractivity contribution in [1.82, 2.24) is 0 Å². The smallest absolute Gasteiger partial charge is 0.237 e. The molecule has 2 aromatic carbocycles. The van der Waals surface area contributed by atoms with Crippen LogP contribution < -0.4 is 19.1 Å². The summed E-state index contributed by atoms with van der Waals surface area (Å²) in [6.07, 6.45) is 0. The first-order valence-corrected chi connectivity index (χ1v) is 11.0. The third-order valence-corrected chi connectivity index (χ3v) is 6.03. The summed E-state index contributed by atoms with van der Waals surface area (Å²) >= 11 is 0. The first-order chi connectivity index (χ1) is 13.7. The molecule has 1 aliphatic heterocycles. The number of methoxy groups -OCH3 is 1. The lowest BCUT2D eigenvalue weighted by atomic mass is 9.93. The monoisotopic (exact) mass is 418 g/mol. The van der Waals surface area contributed by atoms with E-state index in [0.29, 0.717) is 35.0 Å². The average molecular weight is 419 g/mol. The zero-order valence-electron chi connectivity index (χ0n) is 17.1. The second-order valence-electron chi connectivity index (χ2n) is 7.58. The molecule has 0 spiro atoms. The van der Waals surface area contributed by atoms with Crippen molar-refractivity contribution in [3.05, 3.63) is 48.0 Å². The number of fused-ring (bicyclic) bond motifs is 1. The lowest BCUT2D eigenvalue weighted by Gasteiger charge is -2.26. The van der Waals surface area contributed by atoms with Gasteiger partial charge in [-0.15, -0.1) is 0 Å². The van der Waals surface area contributed by atoms with Crippen LogP contribution in [0.25, 0.3) is 0 Å². The standard InChI is InChI=1S/C21H26N2O5S/c1-5-23-17-11-10-16(12-19(17)28-14-21(2,3)20(23)24)22-29(25,26)13-15-8-6-7-9-18(15)27-4/h6-12,22H,5,13-14H2,1-4H3. The Morgan fingerprint density at radius 3 is 2.62 bits per heavy atom. The minimum Gasteiger partial charge on any atom is -0.496 e. The summed E-state index contributed by atoms with van der Waals surface area (Å²) in [4.78, 5) is 14.4. The van der Waals surface area contributed by atoms with E-state index in [0.717, 1.165) is 0 Å². The highest BCUT2D eigenvalue weighted by Gasteiger charge is 2.37. The molecule has 0 aliphatic carbocycles. The van der Waals surface area contributed by atoms with Gasteiger partial charge >= 0.3 is 0 Å². The zero-order valence-corrected chi connectivity index (χ0v) is 17.9. The van der Waals surface area contributed by atoms with Crippen molar-refractivity contribution in [1.29, 1.82) is 0 Å². The summed E-state index contributed by atoms with van der Waals surface area (Å²) in [7, 11) is -2.17. The van der Waals surface area contributed by atoms with Gasteiger partial charge in [0.15, 0.2) is 0 Å². The molecule has 8 heteroatoms. The fourth-order valence-electron chi connectivity index (χ4n) is 3.27. The van der Waals surface area contributed by atoms with Gasteiger partial charge in [0.05, 0.1) is 29.7 Å². The quantitative estimate of drug-likeness (QED) is 0.777. The maximum Gasteiger partial charge on any atom is 0.237 e. The number of hydrogen-bond donors (Lipinski definition) is 1. The highest BCUT2D eigenvalue weighted by Crippen LogP contribution is 2.38. The normalized spacial score (nSPS) is 15.9. The molecule has 0 atom stereocenters. The molecule has 0 aromatic heterocycles. The van der Waals surface area contributed by atoms with Gasteiger partial charge in [-0.3, -0.25) is 9.52 Å². The van der Waals surface area contributed by atoms with Gasteiger partial charge in [-0.2, -0.15) is 0 Å². The van der Waals surface area contributed by atoms with Gasteiger partial charge in [0.1, 0.15) is 18.1 Å². The van der Waals surface area contributed by atoms with Gasteiger partial charge in [0.2, 0.25) is 15.9 Å². The minimum atomic E-state index is -3.67. The SMILES string of the molecule is CCN1C(=O)C(C)(C)COc2cc(NS(=O)(=O)Cc3ccccc3OC)ccc21. The van der Waals surface area contributed by atoms with Gasteiger partial charge < -0.3 is 14.4 Å². The van der Waals surface area contributed by atoms with Crippen molar-refractivity contribution in [3.8, 4) is 11.5 Å². The maximum atomic E-state index is 12.8. The highest BCUT2D eigenvalue weighted by molar-refractivity contribution is 7.91. The van der Waals surface area contributed by atoms with Crippen LogP contribution in [0.1, 0.15) is 26.3 Å². The van der Waals surface area contributed by atoms with Gasteiger partial charge in [-0.1, -0.05) is 18.2 Å². The molecule has 0 unspecified atom stereocenters. The second-order valence-corrected chi connectivity index (χ2v) is 9.30. The van der Waals surface area contributed by atoms with Crippen LogP contribution in [-0.2, 0) is 20.6 Å². The second kappa shape index (κ2) is 7.94. The van der Waals surface area contributed by atoms with E-state index in [-0.39, 0.29) is 18.3 Å². The van der Waals surface area contributed by atoms with E-state index < -0.39 is 15.4 Å². The van der Waals surface area contributed by atoms with E-state index in [4.69, 9.17) is 9.47 Å². The molecule has 1 amide bonds.